The number of benzene rings is 1. The van der Waals surface area contributed by atoms with Crippen LogP contribution in [0.1, 0.15) is 25.8 Å². The fraction of sp³-hybridized carbons (Fsp3) is 0.600. The van der Waals surface area contributed by atoms with Crippen LogP contribution in [0.15, 0.2) is 30.3 Å². The molecular formula is C15H25NO. The summed E-state index contributed by atoms with van der Waals surface area (Å²) < 4.78 is 5.73. The molecule has 0 aliphatic heterocycles. The van der Waals surface area contributed by atoms with Gasteiger partial charge in [-0.05, 0) is 25.5 Å². The third kappa shape index (κ3) is 6.44. The highest BCUT2D eigenvalue weighted by atomic mass is 16.5. The van der Waals surface area contributed by atoms with Gasteiger partial charge in [0.1, 0.15) is 0 Å². The van der Waals surface area contributed by atoms with Crippen LogP contribution < -0.4 is 5.32 Å². The van der Waals surface area contributed by atoms with Gasteiger partial charge in [0.25, 0.3) is 0 Å². The van der Waals surface area contributed by atoms with Crippen molar-refractivity contribution in [2.24, 2.45) is 5.41 Å². The molecule has 1 rings (SSSR count). The Bertz CT molecular complexity index is 295. The van der Waals surface area contributed by atoms with E-state index in [0.29, 0.717) is 0 Å². The molecule has 1 N–H and O–H groups in total. The van der Waals surface area contributed by atoms with Crippen molar-refractivity contribution in [2.45, 2.75) is 26.7 Å². The van der Waals surface area contributed by atoms with E-state index < -0.39 is 0 Å². The molecule has 0 aliphatic carbocycles. The molecule has 0 atom stereocenters. The normalized spacial score (nSPS) is 11.7. The maximum absolute atomic E-state index is 5.73. The number of rotatable bonds is 8. The molecule has 0 saturated carbocycles. The largest absolute Gasteiger partial charge is 0.381 e. The summed E-state index contributed by atoms with van der Waals surface area (Å²) in [4.78, 5) is 0. The molecule has 96 valence electrons. The van der Waals surface area contributed by atoms with Crippen molar-refractivity contribution in [1.82, 2.24) is 5.32 Å². The van der Waals surface area contributed by atoms with E-state index in [4.69, 9.17) is 4.74 Å². The number of hydrogen-bond donors (Lipinski definition) is 1. The number of nitrogens with one attached hydrogen (secondary N) is 1. The standard InChI is InChI=1S/C15H25NO/c1-15(2,12-16-3)13-17-11-7-10-14-8-5-4-6-9-14/h4-6,8-9,16H,7,10-13H2,1-3H3. The summed E-state index contributed by atoms with van der Waals surface area (Å²) in [7, 11) is 1.98. The zero-order chi connectivity index (χ0) is 12.6. The predicted molar refractivity (Wildman–Crippen MR) is 73.3 cm³/mol. The first-order valence-corrected chi connectivity index (χ1v) is 6.40. The van der Waals surface area contributed by atoms with E-state index in [2.05, 4.69) is 49.5 Å². The maximum atomic E-state index is 5.73. The van der Waals surface area contributed by atoms with Crippen molar-refractivity contribution in [2.75, 3.05) is 26.8 Å². The quantitative estimate of drug-likeness (QED) is 0.700. The second-order valence-electron chi connectivity index (χ2n) is 5.34. The van der Waals surface area contributed by atoms with Gasteiger partial charge in [-0.2, -0.15) is 0 Å². The zero-order valence-electron chi connectivity index (χ0n) is 11.3. The molecule has 0 saturated heterocycles. The van der Waals surface area contributed by atoms with Crippen molar-refractivity contribution in [1.29, 1.82) is 0 Å². The van der Waals surface area contributed by atoms with Crippen LogP contribution >= 0.6 is 0 Å². The van der Waals surface area contributed by atoms with Gasteiger partial charge in [-0.1, -0.05) is 44.2 Å². The Hall–Kier alpha value is -0.860. The van der Waals surface area contributed by atoms with Gasteiger partial charge in [-0.3, -0.25) is 0 Å². The van der Waals surface area contributed by atoms with Gasteiger partial charge in [0.2, 0.25) is 0 Å². The zero-order valence-corrected chi connectivity index (χ0v) is 11.3. The van der Waals surface area contributed by atoms with Gasteiger partial charge in [-0.25, -0.2) is 0 Å². The molecule has 17 heavy (non-hydrogen) atoms. The minimum Gasteiger partial charge on any atom is -0.381 e. The first-order valence-electron chi connectivity index (χ1n) is 6.40. The molecular weight excluding hydrogens is 210 g/mol. The molecule has 0 bridgehead atoms. The first-order chi connectivity index (χ1) is 8.14. The first kappa shape index (κ1) is 14.2. The van der Waals surface area contributed by atoms with Gasteiger partial charge in [-0.15, -0.1) is 0 Å². The molecule has 0 heterocycles. The van der Waals surface area contributed by atoms with Gasteiger partial charge in [0, 0.05) is 18.6 Å². The van der Waals surface area contributed by atoms with Crippen LogP contribution in [0, 0.1) is 5.41 Å². The summed E-state index contributed by atoms with van der Waals surface area (Å²) in [5.41, 5.74) is 1.62. The van der Waals surface area contributed by atoms with E-state index in [1.54, 1.807) is 0 Å². The second kappa shape index (κ2) is 7.46. The Labute approximate surface area is 105 Å². The lowest BCUT2D eigenvalue weighted by molar-refractivity contribution is 0.0618. The minimum absolute atomic E-state index is 0.224. The maximum Gasteiger partial charge on any atom is 0.0529 e. The lowest BCUT2D eigenvalue weighted by Crippen LogP contribution is -2.31. The monoisotopic (exact) mass is 235 g/mol. The lowest BCUT2D eigenvalue weighted by Gasteiger charge is -2.23. The van der Waals surface area contributed by atoms with E-state index in [1.807, 2.05) is 7.05 Å². The molecule has 0 amide bonds. The molecule has 2 nitrogen and oxygen atoms in total. The molecule has 0 aliphatic rings. The topological polar surface area (TPSA) is 21.3 Å². The van der Waals surface area contributed by atoms with E-state index in [-0.39, 0.29) is 5.41 Å². The molecule has 0 fully saturated rings. The molecule has 0 aromatic heterocycles. The van der Waals surface area contributed by atoms with E-state index in [0.717, 1.165) is 32.6 Å². The van der Waals surface area contributed by atoms with Crippen LogP contribution in [0.2, 0.25) is 0 Å². The van der Waals surface area contributed by atoms with Crippen LogP contribution in [0.25, 0.3) is 0 Å². The van der Waals surface area contributed by atoms with Gasteiger partial charge < -0.3 is 10.1 Å². The summed E-state index contributed by atoms with van der Waals surface area (Å²) in [6.07, 6.45) is 2.20. The molecule has 0 unspecified atom stereocenters. The third-order valence-electron chi connectivity index (χ3n) is 2.75. The SMILES string of the molecule is CNCC(C)(C)COCCCc1ccccc1. The fourth-order valence-corrected chi connectivity index (χ4v) is 1.90. The number of aryl methyl sites for hydroxylation is 1. The average molecular weight is 235 g/mol. The van der Waals surface area contributed by atoms with Crippen LogP contribution in [0.3, 0.4) is 0 Å². The lowest BCUT2D eigenvalue weighted by atomic mass is 9.95. The van der Waals surface area contributed by atoms with Crippen molar-refractivity contribution in [3.8, 4) is 0 Å². The highest BCUT2D eigenvalue weighted by Crippen LogP contribution is 2.13. The van der Waals surface area contributed by atoms with Crippen molar-refractivity contribution in [3.05, 3.63) is 35.9 Å². The minimum atomic E-state index is 0.224. The smallest absolute Gasteiger partial charge is 0.0529 e. The highest BCUT2D eigenvalue weighted by Gasteiger charge is 2.16. The fourth-order valence-electron chi connectivity index (χ4n) is 1.90. The predicted octanol–water partition coefficient (Wildman–Crippen LogP) is 2.88. The van der Waals surface area contributed by atoms with Crippen LogP contribution in [-0.4, -0.2) is 26.8 Å². The summed E-state index contributed by atoms with van der Waals surface area (Å²) in [5, 5.41) is 3.19. The number of hydrogen-bond acceptors (Lipinski definition) is 2. The Morgan fingerprint density at radius 3 is 2.53 bits per heavy atom. The summed E-state index contributed by atoms with van der Waals surface area (Å²) in [6, 6.07) is 10.6. The Morgan fingerprint density at radius 1 is 1.18 bits per heavy atom. The molecule has 1 aromatic carbocycles. The van der Waals surface area contributed by atoms with E-state index in [1.165, 1.54) is 5.56 Å². The molecule has 1 aromatic rings. The Balaban J connectivity index is 2.09. The van der Waals surface area contributed by atoms with Gasteiger partial charge in [0.15, 0.2) is 0 Å². The van der Waals surface area contributed by atoms with Crippen molar-refractivity contribution in [3.63, 3.8) is 0 Å². The van der Waals surface area contributed by atoms with Crippen molar-refractivity contribution >= 4 is 0 Å². The average Bonchev–Trinajstić information content (AvgIpc) is 2.30. The third-order valence-corrected chi connectivity index (χ3v) is 2.75. The van der Waals surface area contributed by atoms with Crippen LogP contribution in [-0.2, 0) is 11.2 Å². The van der Waals surface area contributed by atoms with Crippen LogP contribution in [0.5, 0.6) is 0 Å². The molecule has 2 heteroatoms. The summed E-state index contributed by atoms with van der Waals surface area (Å²) >= 11 is 0. The van der Waals surface area contributed by atoms with Gasteiger partial charge >= 0.3 is 0 Å². The van der Waals surface area contributed by atoms with Crippen LogP contribution in [0.4, 0.5) is 0 Å². The molecule has 0 radical (unpaired) electrons. The van der Waals surface area contributed by atoms with Gasteiger partial charge in [0.05, 0.1) is 6.61 Å². The Kier molecular flexibility index (Phi) is 6.23. The summed E-state index contributed by atoms with van der Waals surface area (Å²) in [6.45, 7) is 7.11. The van der Waals surface area contributed by atoms with E-state index >= 15 is 0 Å². The van der Waals surface area contributed by atoms with E-state index in [9.17, 15) is 0 Å². The van der Waals surface area contributed by atoms with Crippen molar-refractivity contribution < 1.29 is 4.74 Å². The molecule has 0 spiro atoms. The highest BCUT2D eigenvalue weighted by molar-refractivity contribution is 5.14. The number of ether oxygens (including phenoxy) is 1. The second-order valence-corrected chi connectivity index (χ2v) is 5.34. The summed E-state index contributed by atoms with van der Waals surface area (Å²) in [5.74, 6) is 0. The Morgan fingerprint density at radius 2 is 1.88 bits per heavy atom.